The van der Waals surface area contributed by atoms with Crippen LogP contribution in [0.5, 0.6) is 5.75 Å². The number of nitrogens with one attached hydrogen (secondary N) is 1. The summed E-state index contributed by atoms with van der Waals surface area (Å²) in [4.78, 5) is 31.5. The van der Waals surface area contributed by atoms with Crippen LogP contribution in [0.2, 0.25) is 0 Å². The van der Waals surface area contributed by atoms with Crippen molar-refractivity contribution >= 4 is 23.6 Å². The number of carboxylic acid groups (broad SMARTS) is 1. The lowest BCUT2D eigenvalue weighted by Gasteiger charge is -2.28. The molecule has 0 bridgehead atoms. The molecule has 0 saturated heterocycles. The second kappa shape index (κ2) is 9.88. The van der Waals surface area contributed by atoms with Gasteiger partial charge in [-0.1, -0.05) is 12.1 Å². The van der Waals surface area contributed by atoms with Crippen molar-refractivity contribution in [1.29, 1.82) is 0 Å². The Morgan fingerprint density at radius 3 is 2.43 bits per heavy atom. The summed E-state index contributed by atoms with van der Waals surface area (Å²) in [6.45, 7) is -0.556. The molecule has 3 N–H and O–H groups in total. The second-order valence-corrected chi connectivity index (χ2v) is 8.19. The van der Waals surface area contributed by atoms with Crippen molar-refractivity contribution < 1.29 is 24.2 Å². The van der Waals surface area contributed by atoms with Gasteiger partial charge in [0.15, 0.2) is 11.4 Å². The summed E-state index contributed by atoms with van der Waals surface area (Å²) in [5.74, 6) is -1.28. The van der Waals surface area contributed by atoms with Crippen LogP contribution in [0.1, 0.15) is 53.5 Å². The van der Waals surface area contributed by atoms with Crippen molar-refractivity contribution in [3.8, 4) is 5.75 Å². The number of hydrogen-bond acceptors (Lipinski definition) is 6. The Labute approximate surface area is 178 Å². The van der Waals surface area contributed by atoms with E-state index in [0.29, 0.717) is 29.1 Å². The van der Waals surface area contributed by atoms with Crippen LogP contribution in [0.3, 0.4) is 0 Å². The first-order valence-electron chi connectivity index (χ1n) is 9.76. The maximum Gasteiger partial charge on any atom is 0.322 e. The minimum absolute atomic E-state index is 0.203. The molecule has 2 aromatic rings. The molecule has 1 aliphatic carbocycles. The van der Waals surface area contributed by atoms with Gasteiger partial charge >= 0.3 is 5.97 Å². The van der Waals surface area contributed by atoms with E-state index in [1.807, 2.05) is 12.1 Å². The first-order chi connectivity index (χ1) is 14.4. The molecule has 0 radical (unpaired) electrons. The predicted molar refractivity (Wildman–Crippen MR) is 110 cm³/mol. The zero-order valence-corrected chi connectivity index (χ0v) is 17.4. The molecule has 9 heteroatoms. The molecule has 0 spiro atoms. The van der Waals surface area contributed by atoms with Crippen molar-refractivity contribution in [2.75, 3.05) is 12.8 Å². The van der Waals surface area contributed by atoms with Crippen LogP contribution in [0.4, 0.5) is 4.39 Å². The van der Waals surface area contributed by atoms with Crippen molar-refractivity contribution in [3.05, 3.63) is 47.2 Å². The third kappa shape index (κ3) is 5.47. The number of carbonyl (C=O) groups excluding carboxylic acids is 1. The smallest absolute Gasteiger partial charge is 0.322 e. The molecule has 0 aliphatic heterocycles. The molecule has 0 atom stereocenters. The van der Waals surface area contributed by atoms with Gasteiger partial charge in [0.1, 0.15) is 23.2 Å². The van der Waals surface area contributed by atoms with Gasteiger partial charge in [0.25, 0.3) is 5.91 Å². The molecule has 0 unspecified atom stereocenters. The number of rotatable bonds is 7. The molecule has 160 valence electrons. The van der Waals surface area contributed by atoms with Crippen LogP contribution in [0.25, 0.3) is 0 Å². The number of halogens is 1. The quantitative estimate of drug-likeness (QED) is 0.453. The number of carboxylic acids is 1. The second-order valence-electron chi connectivity index (χ2n) is 7.40. The maximum atomic E-state index is 13.1. The minimum Gasteiger partial charge on any atom is -0.503 e. The molecule has 7 nitrogen and oxygen atoms in total. The molecule has 3 rings (SSSR count). The van der Waals surface area contributed by atoms with Crippen molar-refractivity contribution in [1.82, 2.24) is 15.3 Å². The number of thioether (sulfide) groups is 1. The average molecular weight is 434 g/mol. The molecule has 30 heavy (non-hydrogen) atoms. The van der Waals surface area contributed by atoms with E-state index in [0.717, 1.165) is 31.2 Å². The van der Waals surface area contributed by atoms with E-state index in [1.165, 1.54) is 23.9 Å². The highest BCUT2D eigenvalue weighted by Gasteiger charge is 2.25. The fourth-order valence-corrected chi connectivity index (χ4v) is 4.29. The standard InChI is InChI=1S/C21H24FN3O4S/c1-30-21-19(28)18(20(29)23-11-17(26)27)24-16(25-21)10-12-2-4-13(5-3-12)14-6-8-15(22)9-7-14/h6-9,12-13,28H,2-5,10-11H2,1H3,(H,23,29)(H,26,27). The molecule has 1 fully saturated rings. The Hall–Kier alpha value is -2.68. The van der Waals surface area contributed by atoms with Crippen molar-refractivity contribution in [2.24, 2.45) is 5.92 Å². The molecule has 1 aliphatic rings. The summed E-state index contributed by atoms with van der Waals surface area (Å²) < 4.78 is 13.1. The molecule has 1 saturated carbocycles. The zero-order chi connectivity index (χ0) is 21.7. The third-order valence-electron chi connectivity index (χ3n) is 5.37. The molecular weight excluding hydrogens is 409 g/mol. The van der Waals surface area contributed by atoms with Gasteiger partial charge < -0.3 is 15.5 Å². The Morgan fingerprint density at radius 1 is 1.17 bits per heavy atom. The third-order valence-corrected chi connectivity index (χ3v) is 6.04. The van der Waals surface area contributed by atoms with Crippen LogP contribution in [0.15, 0.2) is 29.3 Å². The number of aliphatic carboxylic acids is 1. The van der Waals surface area contributed by atoms with Crippen LogP contribution in [-0.2, 0) is 11.2 Å². The van der Waals surface area contributed by atoms with Crippen LogP contribution in [-0.4, -0.2) is 44.9 Å². The number of amides is 1. The summed E-state index contributed by atoms with van der Waals surface area (Å²) >= 11 is 1.20. The normalized spacial score (nSPS) is 18.7. The van der Waals surface area contributed by atoms with Crippen molar-refractivity contribution in [3.63, 3.8) is 0 Å². The summed E-state index contributed by atoms with van der Waals surface area (Å²) in [6, 6.07) is 6.67. The zero-order valence-electron chi connectivity index (χ0n) is 16.6. The topological polar surface area (TPSA) is 112 Å². The molecule has 1 heterocycles. The summed E-state index contributed by atoms with van der Waals surface area (Å²) in [5.41, 5.74) is 0.948. The van der Waals surface area contributed by atoms with Crippen LogP contribution < -0.4 is 5.32 Å². The molecular formula is C21H24FN3O4S. The average Bonchev–Trinajstić information content (AvgIpc) is 2.74. The SMILES string of the molecule is CSc1nc(CC2CCC(c3ccc(F)cc3)CC2)nc(C(=O)NCC(=O)O)c1O. The van der Waals surface area contributed by atoms with Gasteiger partial charge in [0, 0.05) is 6.42 Å². The number of aromatic hydroxyl groups is 1. The number of nitrogens with zero attached hydrogens (tertiary/aromatic N) is 2. The Balaban J connectivity index is 1.67. The Bertz CT molecular complexity index is 915. The largest absolute Gasteiger partial charge is 0.503 e. The van der Waals surface area contributed by atoms with E-state index in [-0.39, 0.29) is 17.3 Å². The van der Waals surface area contributed by atoms with Gasteiger partial charge in [-0.2, -0.15) is 0 Å². The Kier molecular flexibility index (Phi) is 7.25. The highest BCUT2D eigenvalue weighted by Crippen LogP contribution is 2.37. The number of hydrogen-bond donors (Lipinski definition) is 3. The lowest BCUT2D eigenvalue weighted by molar-refractivity contribution is -0.135. The van der Waals surface area contributed by atoms with E-state index in [1.54, 1.807) is 6.26 Å². The fourth-order valence-electron chi connectivity index (χ4n) is 3.80. The predicted octanol–water partition coefficient (Wildman–Crippen LogP) is 3.37. The van der Waals surface area contributed by atoms with Gasteiger partial charge in [-0.15, -0.1) is 11.8 Å². The van der Waals surface area contributed by atoms with E-state index in [4.69, 9.17) is 5.11 Å². The van der Waals surface area contributed by atoms with Gasteiger partial charge in [0.2, 0.25) is 0 Å². The maximum absolute atomic E-state index is 13.1. The van der Waals surface area contributed by atoms with Gasteiger partial charge in [0.05, 0.1) is 0 Å². The highest BCUT2D eigenvalue weighted by atomic mass is 32.2. The molecule has 1 amide bonds. The summed E-state index contributed by atoms with van der Waals surface area (Å²) in [7, 11) is 0. The fraction of sp³-hybridized carbons (Fsp3) is 0.429. The van der Waals surface area contributed by atoms with Crippen molar-refractivity contribution in [2.45, 2.75) is 43.0 Å². The molecule has 1 aromatic heterocycles. The molecule has 1 aromatic carbocycles. The highest BCUT2D eigenvalue weighted by molar-refractivity contribution is 7.98. The minimum atomic E-state index is -1.18. The summed E-state index contributed by atoms with van der Waals surface area (Å²) in [5, 5.41) is 21.5. The summed E-state index contributed by atoms with van der Waals surface area (Å²) in [6.07, 6.45) is 6.19. The lowest BCUT2D eigenvalue weighted by atomic mass is 9.77. The van der Waals surface area contributed by atoms with E-state index in [9.17, 15) is 19.1 Å². The van der Waals surface area contributed by atoms with E-state index >= 15 is 0 Å². The van der Waals surface area contributed by atoms with E-state index in [2.05, 4.69) is 15.3 Å². The lowest BCUT2D eigenvalue weighted by Crippen LogP contribution is -2.30. The Morgan fingerprint density at radius 2 is 1.83 bits per heavy atom. The van der Waals surface area contributed by atoms with Crippen LogP contribution in [0, 0.1) is 11.7 Å². The number of aromatic nitrogens is 2. The monoisotopic (exact) mass is 433 g/mol. The first-order valence-corrected chi connectivity index (χ1v) is 11.0. The van der Waals surface area contributed by atoms with Gasteiger partial charge in [-0.25, -0.2) is 14.4 Å². The van der Waals surface area contributed by atoms with E-state index < -0.39 is 18.4 Å². The van der Waals surface area contributed by atoms with Gasteiger partial charge in [-0.05, 0) is 61.5 Å². The number of carbonyl (C=O) groups is 2. The number of benzene rings is 1. The van der Waals surface area contributed by atoms with Crippen LogP contribution >= 0.6 is 11.8 Å². The first kappa shape index (κ1) is 22.0. The van der Waals surface area contributed by atoms with Gasteiger partial charge in [-0.3, -0.25) is 9.59 Å².